The van der Waals surface area contributed by atoms with Crippen molar-refractivity contribution in [2.45, 2.75) is 24.7 Å². The standard InChI is InChI=1S/C14H19N5O3S/c1-10-5-6-11(8-12(10)23(2,21)22)18-14(20)15-7-3-4-13-16-9-17-19-13/h5-6,8-9H,3-4,7H2,1-2H3,(H2,15,18,20)(H,16,17,19). The van der Waals surface area contributed by atoms with Crippen molar-refractivity contribution in [2.24, 2.45) is 0 Å². The number of hydrogen-bond acceptors (Lipinski definition) is 5. The fourth-order valence-corrected chi connectivity index (χ4v) is 3.06. The summed E-state index contributed by atoms with van der Waals surface area (Å²) in [6.07, 6.45) is 3.98. The molecule has 0 unspecified atom stereocenters. The minimum Gasteiger partial charge on any atom is -0.338 e. The van der Waals surface area contributed by atoms with Crippen LogP contribution in [-0.4, -0.2) is 42.4 Å². The fraction of sp³-hybridized carbons (Fsp3) is 0.357. The third-order valence-corrected chi connectivity index (χ3v) is 4.43. The van der Waals surface area contributed by atoms with Gasteiger partial charge in [-0.05, 0) is 31.0 Å². The van der Waals surface area contributed by atoms with Crippen LogP contribution < -0.4 is 10.6 Å². The third kappa shape index (κ3) is 5.06. The second kappa shape index (κ2) is 7.23. The Kier molecular flexibility index (Phi) is 5.32. The molecule has 3 N–H and O–H groups in total. The summed E-state index contributed by atoms with van der Waals surface area (Å²) in [5, 5.41) is 11.8. The Labute approximate surface area is 134 Å². The van der Waals surface area contributed by atoms with Gasteiger partial charge in [0.2, 0.25) is 0 Å². The number of benzene rings is 1. The highest BCUT2D eigenvalue weighted by molar-refractivity contribution is 7.90. The first-order chi connectivity index (χ1) is 10.9. The van der Waals surface area contributed by atoms with Crippen LogP contribution in [0.2, 0.25) is 0 Å². The van der Waals surface area contributed by atoms with Gasteiger partial charge in [0, 0.05) is 24.9 Å². The van der Waals surface area contributed by atoms with Crippen molar-refractivity contribution in [3.05, 3.63) is 35.9 Å². The van der Waals surface area contributed by atoms with Crippen LogP contribution in [0.3, 0.4) is 0 Å². The molecule has 0 spiro atoms. The molecule has 1 heterocycles. The largest absolute Gasteiger partial charge is 0.338 e. The van der Waals surface area contributed by atoms with Crippen LogP contribution in [-0.2, 0) is 16.3 Å². The Balaban J connectivity index is 1.85. The molecule has 1 aromatic heterocycles. The monoisotopic (exact) mass is 337 g/mol. The lowest BCUT2D eigenvalue weighted by atomic mass is 10.2. The number of rotatable bonds is 6. The molecule has 0 saturated carbocycles. The average Bonchev–Trinajstić information content (AvgIpc) is 2.98. The van der Waals surface area contributed by atoms with Crippen molar-refractivity contribution >= 4 is 21.6 Å². The molecule has 0 aliphatic rings. The number of H-pyrrole nitrogens is 1. The number of nitrogens with zero attached hydrogens (tertiary/aromatic N) is 2. The van der Waals surface area contributed by atoms with Crippen LogP contribution in [0.5, 0.6) is 0 Å². The maximum absolute atomic E-state index is 11.8. The van der Waals surface area contributed by atoms with E-state index in [0.29, 0.717) is 30.6 Å². The average molecular weight is 337 g/mol. The smallest absolute Gasteiger partial charge is 0.319 e. The predicted molar refractivity (Wildman–Crippen MR) is 86.0 cm³/mol. The van der Waals surface area contributed by atoms with Crippen LogP contribution in [0, 0.1) is 6.92 Å². The molecule has 2 aromatic rings. The van der Waals surface area contributed by atoms with E-state index in [9.17, 15) is 13.2 Å². The van der Waals surface area contributed by atoms with Crippen molar-refractivity contribution in [1.29, 1.82) is 0 Å². The quantitative estimate of drug-likeness (QED) is 0.686. The summed E-state index contributed by atoms with van der Waals surface area (Å²) in [4.78, 5) is 16.0. The molecule has 2 amide bonds. The number of aromatic nitrogens is 3. The lowest BCUT2D eigenvalue weighted by molar-refractivity contribution is 0.252. The summed E-state index contributed by atoms with van der Waals surface area (Å²) in [6, 6.07) is 4.40. The van der Waals surface area contributed by atoms with Crippen molar-refractivity contribution in [3.8, 4) is 0 Å². The molecule has 1 aromatic carbocycles. The molecule has 23 heavy (non-hydrogen) atoms. The van der Waals surface area contributed by atoms with Crippen molar-refractivity contribution < 1.29 is 13.2 Å². The number of nitrogens with one attached hydrogen (secondary N) is 3. The first kappa shape index (κ1) is 16.9. The molecule has 0 fully saturated rings. The van der Waals surface area contributed by atoms with E-state index in [-0.39, 0.29) is 10.9 Å². The molecular formula is C14H19N5O3S. The van der Waals surface area contributed by atoms with Crippen LogP contribution in [0.4, 0.5) is 10.5 Å². The summed E-state index contributed by atoms with van der Waals surface area (Å²) in [7, 11) is -3.33. The molecule has 0 aliphatic heterocycles. The Bertz CT molecular complexity index is 772. The van der Waals surface area contributed by atoms with E-state index in [0.717, 1.165) is 12.1 Å². The van der Waals surface area contributed by atoms with E-state index in [1.165, 1.54) is 12.4 Å². The van der Waals surface area contributed by atoms with Crippen molar-refractivity contribution in [1.82, 2.24) is 20.5 Å². The van der Waals surface area contributed by atoms with Gasteiger partial charge < -0.3 is 10.6 Å². The predicted octanol–water partition coefficient (Wildman–Crippen LogP) is 1.27. The fourth-order valence-electron chi connectivity index (χ4n) is 2.06. The van der Waals surface area contributed by atoms with Gasteiger partial charge in [0.1, 0.15) is 12.2 Å². The van der Waals surface area contributed by atoms with E-state index < -0.39 is 9.84 Å². The molecule has 8 nitrogen and oxygen atoms in total. The lowest BCUT2D eigenvalue weighted by Crippen LogP contribution is -2.29. The van der Waals surface area contributed by atoms with Gasteiger partial charge in [-0.2, -0.15) is 5.10 Å². The lowest BCUT2D eigenvalue weighted by Gasteiger charge is -2.10. The first-order valence-corrected chi connectivity index (χ1v) is 8.95. The number of amides is 2. The van der Waals surface area contributed by atoms with Gasteiger partial charge in [-0.3, -0.25) is 5.10 Å². The number of urea groups is 1. The molecule has 124 valence electrons. The minimum absolute atomic E-state index is 0.209. The Hall–Kier alpha value is -2.42. The zero-order chi connectivity index (χ0) is 16.9. The van der Waals surface area contributed by atoms with Gasteiger partial charge in [0.15, 0.2) is 9.84 Å². The summed E-state index contributed by atoms with van der Waals surface area (Å²) >= 11 is 0. The number of anilines is 1. The molecular weight excluding hydrogens is 318 g/mol. The third-order valence-electron chi connectivity index (χ3n) is 3.19. The SMILES string of the molecule is Cc1ccc(NC(=O)NCCCc2ncn[nH]2)cc1S(C)(=O)=O. The zero-order valence-corrected chi connectivity index (χ0v) is 13.8. The van der Waals surface area contributed by atoms with Gasteiger partial charge in [-0.15, -0.1) is 0 Å². The van der Waals surface area contributed by atoms with E-state index in [1.54, 1.807) is 19.1 Å². The molecule has 0 saturated heterocycles. The molecule has 9 heteroatoms. The van der Waals surface area contributed by atoms with Crippen LogP contribution in [0.15, 0.2) is 29.4 Å². The number of sulfone groups is 1. The number of hydrogen-bond donors (Lipinski definition) is 3. The topological polar surface area (TPSA) is 117 Å². The highest BCUT2D eigenvalue weighted by atomic mass is 32.2. The normalized spacial score (nSPS) is 11.2. The minimum atomic E-state index is -3.33. The maximum atomic E-state index is 11.8. The number of aryl methyl sites for hydroxylation is 2. The Morgan fingerprint density at radius 3 is 2.78 bits per heavy atom. The van der Waals surface area contributed by atoms with E-state index in [1.807, 2.05) is 0 Å². The van der Waals surface area contributed by atoms with Crippen molar-refractivity contribution in [3.63, 3.8) is 0 Å². The van der Waals surface area contributed by atoms with Gasteiger partial charge in [-0.1, -0.05) is 6.07 Å². The van der Waals surface area contributed by atoms with Crippen molar-refractivity contribution in [2.75, 3.05) is 18.1 Å². The summed E-state index contributed by atoms with van der Waals surface area (Å²) in [5.41, 5.74) is 1.08. The summed E-state index contributed by atoms with van der Waals surface area (Å²) < 4.78 is 23.3. The number of carbonyl (C=O) groups excluding carboxylic acids is 1. The second-order valence-electron chi connectivity index (χ2n) is 5.17. The van der Waals surface area contributed by atoms with Crippen LogP contribution >= 0.6 is 0 Å². The van der Waals surface area contributed by atoms with E-state index in [4.69, 9.17) is 0 Å². The van der Waals surface area contributed by atoms with Gasteiger partial charge in [-0.25, -0.2) is 18.2 Å². The molecule has 0 bridgehead atoms. The van der Waals surface area contributed by atoms with E-state index >= 15 is 0 Å². The Morgan fingerprint density at radius 2 is 2.13 bits per heavy atom. The summed E-state index contributed by atoms with van der Waals surface area (Å²) in [6.45, 7) is 2.18. The van der Waals surface area contributed by atoms with Crippen LogP contribution in [0.25, 0.3) is 0 Å². The number of aromatic amines is 1. The number of carbonyl (C=O) groups is 1. The van der Waals surface area contributed by atoms with Gasteiger partial charge >= 0.3 is 6.03 Å². The second-order valence-corrected chi connectivity index (χ2v) is 7.15. The maximum Gasteiger partial charge on any atom is 0.319 e. The summed E-state index contributed by atoms with van der Waals surface area (Å²) in [5.74, 6) is 0.767. The highest BCUT2D eigenvalue weighted by Crippen LogP contribution is 2.19. The van der Waals surface area contributed by atoms with Gasteiger partial charge in [0.05, 0.1) is 4.90 Å². The molecule has 2 rings (SSSR count). The van der Waals surface area contributed by atoms with Crippen LogP contribution in [0.1, 0.15) is 17.8 Å². The molecule has 0 atom stereocenters. The van der Waals surface area contributed by atoms with Gasteiger partial charge in [0.25, 0.3) is 0 Å². The van der Waals surface area contributed by atoms with E-state index in [2.05, 4.69) is 25.8 Å². The first-order valence-electron chi connectivity index (χ1n) is 7.06. The Morgan fingerprint density at radius 1 is 1.35 bits per heavy atom. The molecule has 0 radical (unpaired) electrons. The zero-order valence-electron chi connectivity index (χ0n) is 13.0. The molecule has 0 aliphatic carbocycles. The highest BCUT2D eigenvalue weighted by Gasteiger charge is 2.12.